The molecule has 1 aromatic rings. The Labute approximate surface area is 147 Å². The third kappa shape index (κ3) is 3.16. The number of amides is 1. The number of rotatable bonds is 3. The molecule has 1 saturated carbocycles. The van der Waals surface area contributed by atoms with Crippen molar-refractivity contribution in [1.82, 2.24) is 14.8 Å². The van der Waals surface area contributed by atoms with E-state index in [1.165, 1.54) is 4.90 Å². The molecule has 2 saturated heterocycles. The number of likely N-dealkylation sites (tertiary alicyclic amines) is 2. The molecule has 1 amide bonds. The quantitative estimate of drug-likeness (QED) is 0.842. The molecule has 0 bridgehead atoms. The molecule has 0 aromatic carbocycles. The van der Waals surface area contributed by atoms with Crippen LogP contribution in [0.1, 0.15) is 37.1 Å². The number of aryl methyl sites for hydroxylation is 1. The zero-order valence-electron chi connectivity index (χ0n) is 14.7. The van der Waals surface area contributed by atoms with E-state index in [1.54, 1.807) is 0 Å². The predicted molar refractivity (Wildman–Crippen MR) is 90.2 cm³/mol. The summed E-state index contributed by atoms with van der Waals surface area (Å²) in [6.45, 7) is 3.83. The van der Waals surface area contributed by atoms with E-state index in [0.717, 1.165) is 56.7 Å². The number of halogens is 2. The first kappa shape index (κ1) is 16.9. The number of aromatic nitrogens is 1. The lowest BCUT2D eigenvalue weighted by molar-refractivity contribution is -0.172. The number of hydrogen-bond donors (Lipinski definition) is 0. The monoisotopic (exact) mass is 349 g/mol. The van der Waals surface area contributed by atoms with Crippen molar-refractivity contribution in [2.24, 2.45) is 11.3 Å². The van der Waals surface area contributed by atoms with Gasteiger partial charge < -0.3 is 4.90 Å². The Hall–Kier alpha value is -1.56. The van der Waals surface area contributed by atoms with Crippen LogP contribution in [0.15, 0.2) is 18.2 Å². The van der Waals surface area contributed by atoms with Crippen LogP contribution in [0, 0.1) is 18.3 Å². The van der Waals surface area contributed by atoms with Gasteiger partial charge in [0.25, 0.3) is 5.92 Å². The molecule has 2 aliphatic heterocycles. The van der Waals surface area contributed by atoms with Crippen molar-refractivity contribution in [3.8, 4) is 0 Å². The fourth-order valence-corrected chi connectivity index (χ4v) is 4.94. The van der Waals surface area contributed by atoms with E-state index in [0.29, 0.717) is 0 Å². The van der Waals surface area contributed by atoms with Crippen molar-refractivity contribution in [1.29, 1.82) is 0 Å². The molecule has 3 aliphatic rings. The van der Waals surface area contributed by atoms with E-state index in [1.807, 2.05) is 25.1 Å². The van der Waals surface area contributed by atoms with Crippen LogP contribution in [0.4, 0.5) is 8.78 Å². The first-order chi connectivity index (χ1) is 11.9. The van der Waals surface area contributed by atoms with Crippen LogP contribution in [-0.2, 0) is 11.3 Å². The number of alkyl halides is 2. The highest BCUT2D eigenvalue weighted by atomic mass is 19.3. The number of pyridine rings is 1. The summed E-state index contributed by atoms with van der Waals surface area (Å²) in [5.74, 6) is -2.81. The van der Waals surface area contributed by atoms with E-state index >= 15 is 0 Å². The second-order valence-electron chi connectivity index (χ2n) is 8.09. The average Bonchev–Trinajstić information content (AvgIpc) is 3.12. The molecule has 136 valence electrons. The summed E-state index contributed by atoms with van der Waals surface area (Å²) in [7, 11) is 0. The highest BCUT2D eigenvalue weighted by molar-refractivity contribution is 5.81. The van der Waals surface area contributed by atoms with Gasteiger partial charge in [-0.25, -0.2) is 8.78 Å². The van der Waals surface area contributed by atoms with Crippen LogP contribution in [-0.4, -0.2) is 52.8 Å². The molecule has 3 heterocycles. The van der Waals surface area contributed by atoms with Gasteiger partial charge in [0, 0.05) is 24.7 Å². The van der Waals surface area contributed by atoms with Gasteiger partial charge in [0.2, 0.25) is 5.91 Å². The van der Waals surface area contributed by atoms with Gasteiger partial charge in [-0.1, -0.05) is 12.5 Å². The van der Waals surface area contributed by atoms with Gasteiger partial charge in [-0.2, -0.15) is 0 Å². The Bertz CT molecular complexity index is 672. The first-order valence-electron chi connectivity index (χ1n) is 9.18. The van der Waals surface area contributed by atoms with Crippen molar-refractivity contribution in [2.45, 2.75) is 45.1 Å². The van der Waals surface area contributed by atoms with Gasteiger partial charge in [-0.15, -0.1) is 0 Å². The molecule has 6 heteroatoms. The average molecular weight is 349 g/mol. The number of carbonyl (C=O) groups is 1. The fourth-order valence-electron chi connectivity index (χ4n) is 4.94. The summed E-state index contributed by atoms with van der Waals surface area (Å²) in [6, 6.07) is 6.05. The first-order valence-corrected chi connectivity index (χ1v) is 9.18. The van der Waals surface area contributed by atoms with Crippen LogP contribution in [0.25, 0.3) is 0 Å². The molecule has 1 aliphatic carbocycles. The molecule has 0 N–H and O–H groups in total. The molecule has 25 heavy (non-hydrogen) atoms. The molecule has 4 nitrogen and oxygen atoms in total. The lowest BCUT2D eigenvalue weighted by Gasteiger charge is -2.42. The summed E-state index contributed by atoms with van der Waals surface area (Å²) in [6.07, 6.45) is 3.89. The van der Waals surface area contributed by atoms with Crippen molar-refractivity contribution < 1.29 is 13.6 Å². The topological polar surface area (TPSA) is 36.4 Å². The van der Waals surface area contributed by atoms with Crippen molar-refractivity contribution in [3.05, 3.63) is 29.6 Å². The summed E-state index contributed by atoms with van der Waals surface area (Å²) in [5.41, 5.74) is 2.05. The standard InChI is InChI=1S/C19H25F2N3O/c1-14-4-2-5-15(22-14)10-23-9-8-18(11-23)7-3-6-16(18)17(25)24-12-19(20,21)13-24/h2,4-5,16H,3,6-13H2,1H3/t16-,18+/m0/s1. The highest BCUT2D eigenvalue weighted by Gasteiger charge is 2.55. The molecule has 0 radical (unpaired) electrons. The number of carbonyl (C=O) groups excluding carboxylic acids is 1. The molecule has 2 atom stereocenters. The molecule has 1 aromatic heterocycles. The predicted octanol–water partition coefficient (Wildman–Crippen LogP) is 2.86. The van der Waals surface area contributed by atoms with Crippen molar-refractivity contribution in [2.75, 3.05) is 26.2 Å². The Kier molecular flexibility index (Phi) is 4.06. The molecule has 1 spiro atoms. The van der Waals surface area contributed by atoms with Gasteiger partial charge in [-0.05, 0) is 50.3 Å². The molecular weight excluding hydrogens is 324 g/mol. The lowest BCUT2D eigenvalue weighted by Crippen LogP contribution is -2.60. The molecule has 3 fully saturated rings. The van der Waals surface area contributed by atoms with Gasteiger partial charge >= 0.3 is 0 Å². The summed E-state index contributed by atoms with van der Waals surface area (Å²) >= 11 is 0. The highest BCUT2D eigenvalue weighted by Crippen LogP contribution is 2.51. The Morgan fingerprint density at radius 2 is 2.08 bits per heavy atom. The van der Waals surface area contributed by atoms with Gasteiger partial charge in [0.05, 0.1) is 18.8 Å². The van der Waals surface area contributed by atoms with Crippen LogP contribution >= 0.6 is 0 Å². The second-order valence-corrected chi connectivity index (χ2v) is 8.09. The third-order valence-corrected chi connectivity index (χ3v) is 6.16. The Morgan fingerprint density at radius 3 is 2.80 bits per heavy atom. The van der Waals surface area contributed by atoms with Crippen molar-refractivity contribution in [3.63, 3.8) is 0 Å². The Morgan fingerprint density at radius 1 is 1.28 bits per heavy atom. The normalized spacial score (nSPS) is 31.5. The smallest absolute Gasteiger partial charge is 0.282 e. The van der Waals surface area contributed by atoms with E-state index in [4.69, 9.17) is 0 Å². The van der Waals surface area contributed by atoms with Gasteiger partial charge in [0.15, 0.2) is 0 Å². The summed E-state index contributed by atoms with van der Waals surface area (Å²) in [4.78, 5) is 21.1. The third-order valence-electron chi connectivity index (χ3n) is 6.16. The van der Waals surface area contributed by atoms with E-state index in [2.05, 4.69) is 9.88 Å². The molecule has 0 unspecified atom stereocenters. The zero-order chi connectivity index (χ0) is 17.7. The molecular formula is C19H25F2N3O. The van der Waals surface area contributed by atoms with Crippen LogP contribution in [0.2, 0.25) is 0 Å². The summed E-state index contributed by atoms with van der Waals surface area (Å²) < 4.78 is 26.3. The Balaban J connectivity index is 1.42. The second kappa shape index (κ2) is 6.01. The van der Waals surface area contributed by atoms with Gasteiger partial charge in [0.1, 0.15) is 0 Å². The maximum atomic E-state index is 13.1. The zero-order valence-corrected chi connectivity index (χ0v) is 14.7. The summed E-state index contributed by atoms with van der Waals surface area (Å²) in [5, 5.41) is 0. The minimum Gasteiger partial charge on any atom is -0.330 e. The maximum Gasteiger partial charge on any atom is 0.282 e. The van der Waals surface area contributed by atoms with E-state index in [9.17, 15) is 13.6 Å². The minimum absolute atomic E-state index is 0.0220. The number of nitrogens with zero attached hydrogens (tertiary/aromatic N) is 3. The van der Waals surface area contributed by atoms with Crippen molar-refractivity contribution >= 4 is 5.91 Å². The van der Waals surface area contributed by atoms with E-state index < -0.39 is 19.0 Å². The lowest BCUT2D eigenvalue weighted by atomic mass is 9.76. The van der Waals surface area contributed by atoms with Crippen LogP contribution in [0.3, 0.4) is 0 Å². The fraction of sp³-hybridized carbons (Fsp3) is 0.684. The molecule has 4 rings (SSSR count). The van der Waals surface area contributed by atoms with Crippen LogP contribution in [0.5, 0.6) is 0 Å². The number of hydrogen-bond acceptors (Lipinski definition) is 3. The SMILES string of the molecule is Cc1cccc(CN2CC[C@]3(CCC[C@H]3C(=O)N3CC(F)(F)C3)C2)n1. The maximum absolute atomic E-state index is 13.1. The largest absolute Gasteiger partial charge is 0.330 e. The minimum atomic E-state index is -2.68. The van der Waals surface area contributed by atoms with Gasteiger partial charge in [-0.3, -0.25) is 14.7 Å². The van der Waals surface area contributed by atoms with E-state index in [-0.39, 0.29) is 17.2 Å². The van der Waals surface area contributed by atoms with Crippen LogP contribution < -0.4 is 0 Å².